The van der Waals surface area contributed by atoms with Crippen LogP contribution in [-0.4, -0.2) is 14.7 Å². The molecule has 1 aliphatic carbocycles. The van der Waals surface area contributed by atoms with Crippen LogP contribution in [-0.2, 0) is 0 Å². The zero-order chi connectivity index (χ0) is 8.15. The van der Waals surface area contributed by atoms with E-state index in [1.807, 2.05) is 0 Å². The average Bonchev–Trinajstić information content (AvgIpc) is 1.84. The van der Waals surface area contributed by atoms with Crippen LogP contribution in [0.15, 0.2) is 0 Å². The van der Waals surface area contributed by atoms with Gasteiger partial charge in [-0.3, -0.25) is 0 Å². The molecule has 0 bridgehead atoms. The van der Waals surface area contributed by atoms with Crippen molar-refractivity contribution in [3.8, 4) is 0 Å². The molecule has 0 aliphatic heterocycles. The van der Waals surface area contributed by atoms with Crippen molar-refractivity contribution in [1.29, 1.82) is 0 Å². The lowest BCUT2D eigenvalue weighted by molar-refractivity contribution is 0.394. The molecule has 10 heavy (non-hydrogen) atoms. The summed E-state index contributed by atoms with van der Waals surface area (Å²) in [6.07, 6.45) is 0. The van der Waals surface area contributed by atoms with E-state index in [-0.39, 0.29) is 0 Å². The molecule has 0 aromatic rings. The van der Waals surface area contributed by atoms with E-state index in [1.165, 1.54) is 0 Å². The number of alkyl halides is 4. The molecule has 0 saturated heterocycles. The highest BCUT2D eigenvalue weighted by Gasteiger charge is 2.62. The molecule has 1 rings (SSSR count). The Balaban J connectivity index is 2.82. The summed E-state index contributed by atoms with van der Waals surface area (Å²) in [5.41, 5.74) is 0. The van der Waals surface area contributed by atoms with Crippen molar-refractivity contribution < 1.29 is 0 Å². The molecule has 0 N–H and O–H groups in total. The lowest BCUT2D eigenvalue weighted by Gasteiger charge is -2.57. The van der Waals surface area contributed by atoms with Gasteiger partial charge in [-0.05, 0) is 13.8 Å². The molecule has 0 amide bonds. The Morgan fingerprint density at radius 3 is 1.20 bits per heavy atom. The van der Waals surface area contributed by atoms with Crippen molar-refractivity contribution in [2.45, 2.75) is 28.5 Å². The minimum absolute atomic E-state index is 0.484. The third-order valence-corrected chi connectivity index (χ3v) is 14.6. The van der Waals surface area contributed by atoms with Crippen LogP contribution < -0.4 is 0 Å². The zero-order valence-electron chi connectivity index (χ0n) is 5.67. The van der Waals surface area contributed by atoms with E-state index in [0.29, 0.717) is 6.84 Å². The van der Waals surface area contributed by atoms with Gasteiger partial charge in [-0.2, -0.15) is 0 Å². The predicted molar refractivity (Wildman–Crippen MR) is 80.5 cm³/mol. The first-order chi connectivity index (χ1) is 4.32. The van der Waals surface area contributed by atoms with Crippen LogP contribution in [0.5, 0.6) is 0 Å². The third kappa shape index (κ3) is 1.38. The zero-order valence-corrected chi connectivity index (χ0v) is 14.3. The molecule has 0 radical (unpaired) electrons. The van der Waals surface area contributed by atoms with Gasteiger partial charge in [0.2, 0.25) is 0 Å². The van der Waals surface area contributed by atoms with Crippen molar-refractivity contribution in [2.24, 2.45) is 0 Å². The fourth-order valence-corrected chi connectivity index (χ4v) is 7.68. The van der Waals surface area contributed by atoms with Crippen molar-refractivity contribution in [3.63, 3.8) is 0 Å². The van der Waals surface area contributed by atoms with E-state index in [2.05, 4.69) is 104 Å². The second kappa shape index (κ2) is 3.25. The fourth-order valence-electron chi connectivity index (χ4n) is 0.993. The number of hydrogen-bond donors (Lipinski definition) is 0. The van der Waals surface area contributed by atoms with E-state index >= 15 is 0 Å². The molecule has 60 valence electrons. The van der Waals surface area contributed by atoms with Crippen LogP contribution in [0.25, 0.3) is 0 Å². The Bertz CT molecular complexity index is 134. The molecule has 1 saturated carbocycles. The topological polar surface area (TPSA) is 0 Å². The SMILES string of the molecule is CC1(I)C(I)C(I)C1(C)I. The Morgan fingerprint density at radius 1 is 0.900 bits per heavy atom. The van der Waals surface area contributed by atoms with Crippen LogP contribution in [0.1, 0.15) is 13.8 Å². The molecule has 0 spiro atoms. The average molecular weight is 588 g/mol. The summed E-state index contributed by atoms with van der Waals surface area (Å²) in [6, 6.07) is 0. The van der Waals surface area contributed by atoms with Gasteiger partial charge in [0.15, 0.2) is 0 Å². The maximum Gasteiger partial charge on any atom is 0.0475 e. The predicted octanol–water partition coefficient (Wildman–Crippen LogP) is 3.99. The van der Waals surface area contributed by atoms with Crippen molar-refractivity contribution in [3.05, 3.63) is 0 Å². The molecular weight excluding hydrogens is 580 g/mol. The Labute approximate surface area is 117 Å². The Hall–Kier alpha value is 2.92. The van der Waals surface area contributed by atoms with Crippen molar-refractivity contribution in [2.75, 3.05) is 0 Å². The van der Waals surface area contributed by atoms with E-state index in [1.54, 1.807) is 0 Å². The van der Waals surface area contributed by atoms with Gasteiger partial charge < -0.3 is 0 Å². The largest absolute Gasteiger partial charge is 0.0799 e. The van der Waals surface area contributed by atoms with Gasteiger partial charge in [-0.25, -0.2) is 0 Å². The van der Waals surface area contributed by atoms with Crippen molar-refractivity contribution >= 4 is 90.4 Å². The number of hydrogen-bond acceptors (Lipinski definition) is 0. The number of rotatable bonds is 0. The molecule has 0 aromatic heterocycles. The van der Waals surface area contributed by atoms with Gasteiger partial charge >= 0.3 is 0 Å². The summed E-state index contributed by atoms with van der Waals surface area (Å²) in [5, 5.41) is 0. The summed E-state index contributed by atoms with van der Waals surface area (Å²) in [7, 11) is 0. The van der Waals surface area contributed by atoms with E-state index in [9.17, 15) is 0 Å². The lowest BCUT2D eigenvalue weighted by Crippen LogP contribution is -2.68. The standard InChI is InChI=1S/C6H8I4/c1-5(9)3(7)4(8)6(5,2)10/h3-4H,1-2H3. The second-order valence-corrected chi connectivity index (χ2v) is 10.1. The summed E-state index contributed by atoms with van der Waals surface area (Å²) in [5.74, 6) is 0. The van der Waals surface area contributed by atoms with E-state index < -0.39 is 0 Å². The summed E-state index contributed by atoms with van der Waals surface area (Å²) in [6.45, 7) is 4.71. The van der Waals surface area contributed by atoms with E-state index in [4.69, 9.17) is 0 Å². The van der Waals surface area contributed by atoms with Gasteiger partial charge in [-0.15, -0.1) is 0 Å². The Kier molecular flexibility index (Phi) is 3.57. The molecule has 4 unspecified atom stereocenters. The van der Waals surface area contributed by atoms with E-state index in [0.717, 1.165) is 7.85 Å². The minimum Gasteiger partial charge on any atom is -0.0799 e. The van der Waals surface area contributed by atoms with Crippen LogP contribution in [0.2, 0.25) is 0 Å². The molecule has 4 heteroatoms. The quantitative estimate of drug-likeness (QED) is 0.297. The highest BCUT2D eigenvalue weighted by atomic mass is 127. The molecule has 0 aromatic carbocycles. The highest BCUT2D eigenvalue weighted by molar-refractivity contribution is 14.1. The minimum atomic E-state index is 0.484. The number of halogens is 4. The molecular formula is C6H8I4. The van der Waals surface area contributed by atoms with Crippen molar-refractivity contribution in [1.82, 2.24) is 0 Å². The second-order valence-electron chi connectivity index (χ2n) is 2.95. The van der Waals surface area contributed by atoms with Crippen LogP contribution in [0.3, 0.4) is 0 Å². The maximum absolute atomic E-state index is 2.59. The van der Waals surface area contributed by atoms with Gasteiger partial charge in [0.25, 0.3) is 0 Å². The van der Waals surface area contributed by atoms with Gasteiger partial charge in [0.1, 0.15) is 0 Å². The van der Waals surface area contributed by atoms with Crippen LogP contribution in [0, 0.1) is 0 Å². The summed E-state index contributed by atoms with van der Waals surface area (Å²) in [4.78, 5) is 0. The molecule has 1 fully saturated rings. The first-order valence-electron chi connectivity index (χ1n) is 2.98. The fraction of sp³-hybridized carbons (Fsp3) is 1.00. The first-order valence-corrected chi connectivity index (χ1v) is 7.62. The monoisotopic (exact) mass is 588 g/mol. The van der Waals surface area contributed by atoms with Crippen LogP contribution in [0.4, 0.5) is 0 Å². The van der Waals surface area contributed by atoms with Gasteiger partial charge in [0, 0.05) is 14.7 Å². The van der Waals surface area contributed by atoms with Gasteiger partial charge in [-0.1, -0.05) is 90.4 Å². The smallest absolute Gasteiger partial charge is 0.0475 e. The molecule has 0 heterocycles. The summed E-state index contributed by atoms with van der Waals surface area (Å²) >= 11 is 10.3. The lowest BCUT2D eigenvalue weighted by atomic mass is 9.76. The summed E-state index contributed by atoms with van der Waals surface area (Å²) < 4.78 is 2.62. The maximum atomic E-state index is 2.59. The third-order valence-electron chi connectivity index (χ3n) is 2.25. The normalized spacial score (nSPS) is 61.8. The molecule has 4 atom stereocenters. The molecule has 1 aliphatic rings. The first kappa shape index (κ1) is 11.0. The molecule has 0 nitrogen and oxygen atoms in total. The van der Waals surface area contributed by atoms with Crippen LogP contribution >= 0.6 is 90.4 Å². The highest BCUT2D eigenvalue weighted by Crippen LogP contribution is 2.61. The Morgan fingerprint density at radius 2 is 1.10 bits per heavy atom. The van der Waals surface area contributed by atoms with Gasteiger partial charge in [0.05, 0.1) is 0 Å².